The van der Waals surface area contributed by atoms with Crippen molar-refractivity contribution in [3.8, 4) is 56.8 Å². The molecular formula is C44H24F3N5S2. The van der Waals surface area contributed by atoms with Gasteiger partial charge in [-0.3, -0.25) is 0 Å². The lowest BCUT2D eigenvalue weighted by Crippen LogP contribution is -2.04. The summed E-state index contributed by atoms with van der Waals surface area (Å²) >= 11 is 3.22. The van der Waals surface area contributed by atoms with Gasteiger partial charge in [-0.2, -0.15) is 13.2 Å². The zero-order chi connectivity index (χ0) is 36.4. The summed E-state index contributed by atoms with van der Waals surface area (Å²) in [5.41, 5.74) is 4.67. The Bertz CT molecular complexity index is 2970. The molecule has 258 valence electrons. The first-order valence-electron chi connectivity index (χ1n) is 17.1. The molecule has 54 heavy (non-hydrogen) atoms. The summed E-state index contributed by atoms with van der Waals surface area (Å²) in [5.74, 6) is 2.21. The second-order valence-corrected chi connectivity index (χ2v) is 14.9. The topological polar surface area (TPSA) is 64.5 Å². The molecule has 10 rings (SSSR count). The summed E-state index contributed by atoms with van der Waals surface area (Å²) in [6.07, 6.45) is -4.44. The Morgan fingerprint density at radius 3 is 1.72 bits per heavy atom. The predicted molar refractivity (Wildman–Crippen MR) is 213 cm³/mol. The third-order valence-electron chi connectivity index (χ3n) is 9.40. The number of thiophene rings is 2. The minimum atomic E-state index is -4.44. The third-order valence-corrected chi connectivity index (χ3v) is 11.7. The molecule has 0 unspecified atom stereocenters. The highest BCUT2D eigenvalue weighted by atomic mass is 32.1. The van der Waals surface area contributed by atoms with Crippen LogP contribution in [0.3, 0.4) is 0 Å². The van der Waals surface area contributed by atoms with E-state index in [1.165, 1.54) is 23.5 Å². The number of fused-ring (bicyclic) bond motifs is 6. The molecule has 0 bridgehead atoms. The van der Waals surface area contributed by atoms with Crippen LogP contribution in [0.1, 0.15) is 5.56 Å². The quantitative estimate of drug-likeness (QED) is 0.176. The molecule has 6 aromatic carbocycles. The van der Waals surface area contributed by atoms with Crippen molar-refractivity contribution in [2.24, 2.45) is 0 Å². The van der Waals surface area contributed by atoms with Crippen LogP contribution in [-0.4, -0.2) is 24.9 Å². The van der Waals surface area contributed by atoms with Crippen molar-refractivity contribution in [3.63, 3.8) is 0 Å². The number of benzene rings is 6. The van der Waals surface area contributed by atoms with Crippen LogP contribution in [-0.2, 0) is 6.18 Å². The molecule has 10 aromatic rings. The average molecular weight is 744 g/mol. The number of halogens is 3. The van der Waals surface area contributed by atoms with Gasteiger partial charge < -0.3 is 0 Å². The van der Waals surface area contributed by atoms with E-state index in [4.69, 9.17) is 24.9 Å². The van der Waals surface area contributed by atoms with E-state index in [0.29, 0.717) is 34.6 Å². The smallest absolute Gasteiger partial charge is 0.226 e. The van der Waals surface area contributed by atoms with E-state index >= 15 is 0 Å². The fourth-order valence-corrected chi connectivity index (χ4v) is 9.08. The van der Waals surface area contributed by atoms with E-state index in [0.717, 1.165) is 74.9 Å². The molecule has 0 saturated heterocycles. The van der Waals surface area contributed by atoms with E-state index in [9.17, 15) is 13.2 Å². The van der Waals surface area contributed by atoms with Crippen LogP contribution < -0.4 is 0 Å². The molecule has 0 N–H and O–H groups in total. The van der Waals surface area contributed by atoms with Gasteiger partial charge in [0.1, 0.15) is 0 Å². The van der Waals surface area contributed by atoms with Crippen LogP contribution in [0.25, 0.3) is 97.3 Å². The highest BCUT2D eigenvalue weighted by Crippen LogP contribution is 2.43. The first kappa shape index (κ1) is 32.3. The van der Waals surface area contributed by atoms with Gasteiger partial charge in [-0.25, -0.2) is 24.9 Å². The molecule has 4 heterocycles. The van der Waals surface area contributed by atoms with E-state index < -0.39 is 11.7 Å². The van der Waals surface area contributed by atoms with Crippen LogP contribution in [0.4, 0.5) is 13.2 Å². The third kappa shape index (κ3) is 5.58. The van der Waals surface area contributed by atoms with Crippen molar-refractivity contribution in [2.75, 3.05) is 0 Å². The average Bonchev–Trinajstić information content (AvgIpc) is 3.79. The van der Waals surface area contributed by atoms with Crippen LogP contribution >= 0.6 is 22.7 Å². The maximum atomic E-state index is 13.5. The number of hydrogen-bond donors (Lipinski definition) is 0. The molecule has 0 aliphatic rings. The summed E-state index contributed by atoms with van der Waals surface area (Å²) in [6, 6.07) is 45.3. The monoisotopic (exact) mass is 743 g/mol. The zero-order valence-electron chi connectivity index (χ0n) is 28.0. The lowest BCUT2D eigenvalue weighted by atomic mass is 10.0. The van der Waals surface area contributed by atoms with E-state index in [2.05, 4.69) is 18.2 Å². The summed E-state index contributed by atoms with van der Waals surface area (Å²) in [6.45, 7) is 0. The van der Waals surface area contributed by atoms with Gasteiger partial charge in [-0.15, -0.1) is 22.7 Å². The zero-order valence-corrected chi connectivity index (χ0v) is 29.7. The SMILES string of the molecule is FC(F)(F)c1ccc(-c2nc(-c3ccc4sc5cccc(-c6nc(-c7ccccc7)nc(-c7ccccc7)n6)c5c4c3)nc3c2sc2ccccc23)cc1. The van der Waals surface area contributed by atoms with Crippen LogP contribution in [0.5, 0.6) is 0 Å². The highest BCUT2D eigenvalue weighted by Gasteiger charge is 2.30. The molecule has 0 spiro atoms. The first-order chi connectivity index (χ1) is 26.4. The van der Waals surface area contributed by atoms with Gasteiger partial charge in [0.05, 0.1) is 21.5 Å². The second kappa shape index (κ2) is 12.6. The Balaban J connectivity index is 1.18. The highest BCUT2D eigenvalue weighted by molar-refractivity contribution is 7.26. The molecule has 0 amide bonds. The van der Waals surface area contributed by atoms with Gasteiger partial charge in [0.25, 0.3) is 0 Å². The number of rotatable bonds is 5. The maximum absolute atomic E-state index is 13.5. The van der Waals surface area contributed by atoms with Crippen LogP contribution in [0.2, 0.25) is 0 Å². The van der Waals surface area contributed by atoms with Crippen molar-refractivity contribution < 1.29 is 13.2 Å². The summed E-state index contributed by atoms with van der Waals surface area (Å²) < 4.78 is 44.5. The fourth-order valence-electron chi connectivity index (χ4n) is 6.81. The Labute approximate surface area is 314 Å². The van der Waals surface area contributed by atoms with Crippen molar-refractivity contribution >= 4 is 63.1 Å². The molecular weight excluding hydrogens is 720 g/mol. The van der Waals surface area contributed by atoms with E-state index in [-0.39, 0.29) is 0 Å². The molecule has 0 fully saturated rings. The van der Waals surface area contributed by atoms with Crippen molar-refractivity contribution in [1.82, 2.24) is 24.9 Å². The number of nitrogens with zero attached hydrogens (tertiary/aromatic N) is 5. The van der Waals surface area contributed by atoms with Gasteiger partial charge in [-0.1, -0.05) is 103 Å². The molecule has 0 aliphatic carbocycles. The van der Waals surface area contributed by atoms with Gasteiger partial charge in [0.15, 0.2) is 23.3 Å². The van der Waals surface area contributed by atoms with Crippen molar-refractivity contribution in [1.29, 1.82) is 0 Å². The summed E-state index contributed by atoms with van der Waals surface area (Å²) in [7, 11) is 0. The minimum absolute atomic E-state index is 0.484. The van der Waals surface area contributed by atoms with E-state index in [1.807, 2.05) is 103 Å². The molecule has 0 radical (unpaired) electrons. The fraction of sp³-hybridized carbons (Fsp3) is 0.0227. The Hall–Kier alpha value is -6.36. The first-order valence-corrected chi connectivity index (χ1v) is 18.7. The lowest BCUT2D eigenvalue weighted by molar-refractivity contribution is -0.137. The maximum Gasteiger partial charge on any atom is 0.416 e. The van der Waals surface area contributed by atoms with Crippen molar-refractivity contribution in [2.45, 2.75) is 6.18 Å². The largest absolute Gasteiger partial charge is 0.416 e. The molecule has 4 aromatic heterocycles. The molecule has 10 heteroatoms. The predicted octanol–water partition coefficient (Wildman–Crippen LogP) is 12.8. The van der Waals surface area contributed by atoms with Gasteiger partial charge in [0, 0.05) is 58.1 Å². The number of alkyl halides is 3. The molecule has 5 nitrogen and oxygen atoms in total. The summed E-state index contributed by atoms with van der Waals surface area (Å²) in [4.78, 5) is 25.1. The second-order valence-electron chi connectivity index (χ2n) is 12.8. The number of aromatic nitrogens is 5. The summed E-state index contributed by atoms with van der Waals surface area (Å²) in [5, 5.41) is 2.98. The van der Waals surface area contributed by atoms with Crippen LogP contribution in [0.15, 0.2) is 146 Å². The molecule has 0 atom stereocenters. The number of hydrogen-bond acceptors (Lipinski definition) is 7. The molecule has 0 aliphatic heterocycles. The van der Waals surface area contributed by atoms with Crippen molar-refractivity contribution in [3.05, 3.63) is 151 Å². The Morgan fingerprint density at radius 2 is 1.02 bits per heavy atom. The van der Waals surface area contributed by atoms with E-state index in [1.54, 1.807) is 11.3 Å². The Morgan fingerprint density at radius 1 is 0.426 bits per heavy atom. The Kier molecular flexibility index (Phi) is 7.57. The minimum Gasteiger partial charge on any atom is -0.226 e. The van der Waals surface area contributed by atoms with Crippen LogP contribution in [0, 0.1) is 0 Å². The lowest BCUT2D eigenvalue weighted by Gasteiger charge is -2.10. The molecule has 0 saturated carbocycles. The van der Waals surface area contributed by atoms with Gasteiger partial charge in [-0.05, 0) is 42.5 Å². The van der Waals surface area contributed by atoms with Gasteiger partial charge >= 0.3 is 6.18 Å². The standard InChI is InChI=1S/C44H24F3N5S2/c45-44(46,47)29-21-18-25(19-22-29)37-39-38(30-14-7-8-16-33(30)54-39)49-42(48-37)28-20-23-34-32(24-28)36-31(15-9-17-35(36)53-34)43-51-40(26-10-3-1-4-11-26)50-41(52-43)27-12-5-2-6-13-27/h1-24H. The normalized spacial score (nSPS) is 12.0. The van der Waals surface area contributed by atoms with Gasteiger partial charge in [0.2, 0.25) is 0 Å².